The smallest absolute Gasteiger partial charge is 0.320 e. The number of amides is 2. The summed E-state index contributed by atoms with van der Waals surface area (Å²) in [6.07, 6.45) is 2.48. The molecule has 0 saturated carbocycles. The van der Waals surface area contributed by atoms with Gasteiger partial charge in [-0.3, -0.25) is 4.90 Å². The zero-order valence-electron chi connectivity index (χ0n) is 15.1. The van der Waals surface area contributed by atoms with Crippen LogP contribution in [0.4, 0.5) is 4.79 Å². The van der Waals surface area contributed by atoms with Gasteiger partial charge in [-0.05, 0) is 34.9 Å². The van der Waals surface area contributed by atoms with Gasteiger partial charge in [-0.2, -0.15) is 0 Å². The van der Waals surface area contributed by atoms with E-state index in [9.17, 15) is 4.79 Å². The first kappa shape index (κ1) is 16.4. The lowest BCUT2D eigenvalue weighted by Crippen LogP contribution is -2.52. The standard InChI is InChI=1S/C21H27N3O/c1-2-3-10-22-11-13-23(14-12-22)21(25)24-15-18-8-4-6-17-7-5-9-19(16-24)20(17)18/h4-9H,2-3,10-16H2,1H3. The second-order valence-electron chi connectivity index (χ2n) is 7.25. The number of piperazine rings is 1. The summed E-state index contributed by atoms with van der Waals surface area (Å²) in [5.74, 6) is 0. The lowest BCUT2D eigenvalue weighted by Gasteiger charge is -2.39. The van der Waals surface area contributed by atoms with Crippen molar-refractivity contribution in [3.8, 4) is 0 Å². The van der Waals surface area contributed by atoms with Crippen molar-refractivity contribution in [2.24, 2.45) is 0 Å². The number of carbonyl (C=O) groups is 1. The van der Waals surface area contributed by atoms with E-state index in [1.165, 1.54) is 34.7 Å². The van der Waals surface area contributed by atoms with E-state index in [0.717, 1.165) is 45.8 Å². The van der Waals surface area contributed by atoms with Crippen LogP contribution in [-0.2, 0) is 13.1 Å². The highest BCUT2D eigenvalue weighted by atomic mass is 16.2. The number of urea groups is 1. The van der Waals surface area contributed by atoms with Gasteiger partial charge in [0.1, 0.15) is 0 Å². The van der Waals surface area contributed by atoms with Crippen molar-refractivity contribution < 1.29 is 4.79 Å². The molecule has 2 aliphatic rings. The van der Waals surface area contributed by atoms with Crippen LogP contribution in [0.3, 0.4) is 0 Å². The number of hydrogen-bond donors (Lipinski definition) is 0. The fourth-order valence-corrected chi connectivity index (χ4v) is 4.11. The predicted molar refractivity (Wildman–Crippen MR) is 102 cm³/mol. The fourth-order valence-electron chi connectivity index (χ4n) is 4.11. The van der Waals surface area contributed by atoms with E-state index < -0.39 is 0 Å². The molecule has 2 aromatic rings. The third kappa shape index (κ3) is 3.23. The van der Waals surface area contributed by atoms with Gasteiger partial charge >= 0.3 is 6.03 Å². The summed E-state index contributed by atoms with van der Waals surface area (Å²) < 4.78 is 0. The first-order chi connectivity index (χ1) is 12.3. The van der Waals surface area contributed by atoms with E-state index in [0.29, 0.717) is 0 Å². The molecule has 4 rings (SSSR count). The molecule has 4 heteroatoms. The van der Waals surface area contributed by atoms with E-state index in [2.05, 4.69) is 48.2 Å². The molecule has 0 spiro atoms. The minimum Gasteiger partial charge on any atom is -0.322 e. The van der Waals surface area contributed by atoms with Gasteiger partial charge in [0.15, 0.2) is 0 Å². The lowest BCUT2D eigenvalue weighted by molar-refractivity contribution is 0.108. The molecule has 0 aliphatic carbocycles. The molecule has 2 aliphatic heterocycles. The molecule has 2 amide bonds. The topological polar surface area (TPSA) is 26.8 Å². The molecule has 1 fully saturated rings. The van der Waals surface area contributed by atoms with Gasteiger partial charge in [-0.1, -0.05) is 49.7 Å². The van der Waals surface area contributed by atoms with Gasteiger partial charge in [0, 0.05) is 39.3 Å². The van der Waals surface area contributed by atoms with Crippen LogP contribution in [-0.4, -0.2) is 53.5 Å². The molecule has 4 nitrogen and oxygen atoms in total. The summed E-state index contributed by atoms with van der Waals surface area (Å²) >= 11 is 0. The highest BCUT2D eigenvalue weighted by molar-refractivity contribution is 5.90. The number of nitrogens with zero attached hydrogens (tertiary/aromatic N) is 3. The van der Waals surface area contributed by atoms with Crippen LogP contribution >= 0.6 is 0 Å². The average molecular weight is 337 g/mol. The third-order valence-corrected chi connectivity index (χ3v) is 5.54. The highest BCUT2D eigenvalue weighted by Crippen LogP contribution is 2.30. The van der Waals surface area contributed by atoms with E-state index in [1.807, 2.05) is 9.80 Å². The van der Waals surface area contributed by atoms with Crippen molar-refractivity contribution in [2.75, 3.05) is 32.7 Å². The number of benzene rings is 2. The van der Waals surface area contributed by atoms with Crippen LogP contribution in [0, 0.1) is 0 Å². The van der Waals surface area contributed by atoms with Gasteiger partial charge < -0.3 is 9.80 Å². The second-order valence-corrected chi connectivity index (χ2v) is 7.25. The molecule has 0 unspecified atom stereocenters. The molecule has 2 heterocycles. The van der Waals surface area contributed by atoms with Crippen molar-refractivity contribution in [2.45, 2.75) is 32.9 Å². The molecular weight excluding hydrogens is 310 g/mol. The Morgan fingerprint density at radius 3 is 2.16 bits per heavy atom. The molecule has 0 atom stereocenters. The van der Waals surface area contributed by atoms with Crippen molar-refractivity contribution in [1.82, 2.24) is 14.7 Å². The van der Waals surface area contributed by atoms with Crippen molar-refractivity contribution >= 4 is 16.8 Å². The number of carbonyl (C=O) groups excluding carboxylic acids is 1. The van der Waals surface area contributed by atoms with Crippen LogP contribution in [0.5, 0.6) is 0 Å². The first-order valence-corrected chi connectivity index (χ1v) is 9.52. The van der Waals surface area contributed by atoms with Crippen molar-refractivity contribution in [1.29, 1.82) is 0 Å². The monoisotopic (exact) mass is 337 g/mol. The number of hydrogen-bond acceptors (Lipinski definition) is 2. The summed E-state index contributed by atoms with van der Waals surface area (Å²) in [5.41, 5.74) is 2.54. The Morgan fingerprint density at radius 2 is 1.56 bits per heavy atom. The molecule has 2 aromatic carbocycles. The van der Waals surface area contributed by atoms with Crippen LogP contribution in [0.2, 0.25) is 0 Å². The van der Waals surface area contributed by atoms with E-state index >= 15 is 0 Å². The SMILES string of the molecule is CCCCN1CCN(C(=O)N2Cc3cccc4cccc(c34)C2)CC1. The zero-order chi connectivity index (χ0) is 17.2. The zero-order valence-corrected chi connectivity index (χ0v) is 15.1. The molecule has 0 bridgehead atoms. The highest BCUT2D eigenvalue weighted by Gasteiger charge is 2.28. The van der Waals surface area contributed by atoms with Gasteiger partial charge in [0.05, 0.1) is 0 Å². The maximum Gasteiger partial charge on any atom is 0.320 e. The molecule has 0 N–H and O–H groups in total. The minimum atomic E-state index is 0.196. The van der Waals surface area contributed by atoms with Crippen LogP contribution in [0.25, 0.3) is 10.8 Å². The van der Waals surface area contributed by atoms with Gasteiger partial charge in [0.2, 0.25) is 0 Å². The average Bonchev–Trinajstić information content (AvgIpc) is 2.66. The molecule has 132 valence electrons. The normalized spacial score (nSPS) is 18.0. The van der Waals surface area contributed by atoms with Gasteiger partial charge in [-0.15, -0.1) is 0 Å². The summed E-state index contributed by atoms with van der Waals surface area (Å²) in [7, 11) is 0. The van der Waals surface area contributed by atoms with E-state index in [4.69, 9.17) is 0 Å². The Kier molecular flexibility index (Phi) is 4.62. The fraction of sp³-hybridized carbons (Fsp3) is 0.476. The first-order valence-electron chi connectivity index (χ1n) is 9.52. The van der Waals surface area contributed by atoms with Crippen LogP contribution in [0.1, 0.15) is 30.9 Å². The second kappa shape index (κ2) is 7.04. The largest absolute Gasteiger partial charge is 0.322 e. The summed E-state index contributed by atoms with van der Waals surface area (Å²) in [6, 6.07) is 13.0. The Bertz CT molecular complexity index is 724. The Morgan fingerprint density at radius 1 is 0.920 bits per heavy atom. The van der Waals surface area contributed by atoms with Crippen LogP contribution < -0.4 is 0 Å². The molecule has 0 aromatic heterocycles. The van der Waals surface area contributed by atoms with Crippen molar-refractivity contribution in [3.05, 3.63) is 47.5 Å². The molecular formula is C21H27N3O. The van der Waals surface area contributed by atoms with E-state index in [-0.39, 0.29) is 6.03 Å². The van der Waals surface area contributed by atoms with Gasteiger partial charge in [0.25, 0.3) is 0 Å². The molecule has 0 radical (unpaired) electrons. The quantitative estimate of drug-likeness (QED) is 0.854. The minimum absolute atomic E-state index is 0.196. The maximum absolute atomic E-state index is 13.0. The molecule has 25 heavy (non-hydrogen) atoms. The lowest BCUT2D eigenvalue weighted by atomic mass is 9.95. The van der Waals surface area contributed by atoms with Crippen LogP contribution in [0.15, 0.2) is 36.4 Å². The Hall–Kier alpha value is -2.07. The van der Waals surface area contributed by atoms with Crippen molar-refractivity contribution in [3.63, 3.8) is 0 Å². The molecule has 1 saturated heterocycles. The summed E-state index contributed by atoms with van der Waals surface area (Å²) in [4.78, 5) is 19.6. The Balaban J connectivity index is 1.44. The van der Waals surface area contributed by atoms with E-state index in [1.54, 1.807) is 0 Å². The summed E-state index contributed by atoms with van der Waals surface area (Å²) in [6.45, 7) is 8.56. The summed E-state index contributed by atoms with van der Waals surface area (Å²) in [5, 5.41) is 2.63. The third-order valence-electron chi connectivity index (χ3n) is 5.54. The maximum atomic E-state index is 13.0. The Labute approximate surface area is 150 Å². The predicted octanol–water partition coefficient (Wildman–Crippen LogP) is 3.69. The number of unbranched alkanes of at least 4 members (excludes halogenated alkanes) is 1. The number of rotatable bonds is 3. The van der Waals surface area contributed by atoms with Gasteiger partial charge in [-0.25, -0.2) is 4.79 Å².